The number of aromatic nitrogens is 2. The molecule has 122 valence electrons. The van der Waals surface area contributed by atoms with Crippen molar-refractivity contribution in [3.63, 3.8) is 0 Å². The molecule has 0 saturated carbocycles. The molecular weight excluding hydrogens is 288 g/mol. The Labute approximate surface area is 137 Å². The molecule has 5 heteroatoms. The Balaban J connectivity index is 1.57. The van der Waals surface area contributed by atoms with E-state index in [0.29, 0.717) is 0 Å². The number of nitrogens with zero attached hydrogens (tertiary/aromatic N) is 4. The minimum atomic E-state index is 0.165. The summed E-state index contributed by atoms with van der Waals surface area (Å²) in [5, 5.41) is 4.19. The molecule has 1 fully saturated rings. The van der Waals surface area contributed by atoms with E-state index in [2.05, 4.69) is 29.2 Å². The summed E-state index contributed by atoms with van der Waals surface area (Å²) in [5.41, 5.74) is 3.22. The molecule has 0 bridgehead atoms. The summed E-state index contributed by atoms with van der Waals surface area (Å²) in [6.07, 6.45) is 6.19. The van der Waals surface area contributed by atoms with Crippen LogP contribution in [0, 0.1) is 0 Å². The zero-order valence-corrected chi connectivity index (χ0v) is 13.9. The molecule has 1 aromatic heterocycles. The van der Waals surface area contributed by atoms with Crippen molar-refractivity contribution in [1.29, 1.82) is 0 Å². The van der Waals surface area contributed by atoms with Crippen LogP contribution in [0.5, 0.6) is 0 Å². The first-order valence-electron chi connectivity index (χ1n) is 8.16. The molecular formula is C18H24N4O. The zero-order valence-electron chi connectivity index (χ0n) is 13.9. The molecule has 0 spiro atoms. The second-order valence-corrected chi connectivity index (χ2v) is 6.39. The number of carbonyl (C=O) groups excluding carboxylic acids is 1. The Morgan fingerprint density at radius 3 is 2.39 bits per heavy atom. The second kappa shape index (κ2) is 6.96. The summed E-state index contributed by atoms with van der Waals surface area (Å²) in [4.78, 5) is 16.5. The fraction of sp³-hybridized carbons (Fsp3) is 0.444. The van der Waals surface area contributed by atoms with Gasteiger partial charge in [0.1, 0.15) is 0 Å². The van der Waals surface area contributed by atoms with E-state index in [0.717, 1.165) is 44.6 Å². The molecule has 0 atom stereocenters. The van der Waals surface area contributed by atoms with E-state index >= 15 is 0 Å². The van der Waals surface area contributed by atoms with Crippen molar-refractivity contribution < 1.29 is 4.79 Å². The molecule has 1 amide bonds. The van der Waals surface area contributed by atoms with Gasteiger partial charge in [-0.15, -0.1) is 0 Å². The Kier molecular flexibility index (Phi) is 4.76. The molecule has 1 aliphatic heterocycles. The van der Waals surface area contributed by atoms with E-state index in [9.17, 15) is 4.79 Å². The monoisotopic (exact) mass is 312 g/mol. The van der Waals surface area contributed by atoms with Gasteiger partial charge in [-0.2, -0.15) is 5.10 Å². The molecule has 5 nitrogen and oxygen atoms in total. The average molecular weight is 312 g/mol. The molecule has 3 rings (SSSR count). The minimum absolute atomic E-state index is 0.165. The normalized spacial score (nSPS) is 14.7. The van der Waals surface area contributed by atoms with Gasteiger partial charge in [-0.1, -0.05) is 12.1 Å². The summed E-state index contributed by atoms with van der Waals surface area (Å²) in [5.74, 6) is 0.165. The third kappa shape index (κ3) is 3.99. The molecule has 1 saturated heterocycles. The topological polar surface area (TPSA) is 41.4 Å². The second-order valence-electron chi connectivity index (χ2n) is 6.39. The number of aryl methyl sites for hydroxylation is 1. The van der Waals surface area contributed by atoms with Crippen LogP contribution in [0.25, 0.3) is 0 Å². The highest BCUT2D eigenvalue weighted by Gasteiger charge is 2.19. The lowest BCUT2D eigenvalue weighted by molar-refractivity contribution is 0.0793. The molecule has 1 aromatic carbocycles. The fourth-order valence-corrected chi connectivity index (χ4v) is 3.09. The van der Waals surface area contributed by atoms with Crippen molar-refractivity contribution in [2.45, 2.75) is 25.9 Å². The van der Waals surface area contributed by atoms with E-state index in [1.165, 1.54) is 11.1 Å². The van der Waals surface area contributed by atoms with Gasteiger partial charge in [0, 0.05) is 50.6 Å². The van der Waals surface area contributed by atoms with Crippen molar-refractivity contribution in [2.75, 3.05) is 20.1 Å². The smallest absolute Gasteiger partial charge is 0.253 e. The maximum atomic E-state index is 12.3. The molecule has 0 aliphatic carbocycles. The molecule has 0 unspecified atom stereocenters. The van der Waals surface area contributed by atoms with Crippen LogP contribution in [0.4, 0.5) is 0 Å². The first-order valence-corrected chi connectivity index (χ1v) is 8.16. The fourth-order valence-electron chi connectivity index (χ4n) is 3.09. The first kappa shape index (κ1) is 15.7. The average Bonchev–Trinajstić information content (AvgIpc) is 3.19. The summed E-state index contributed by atoms with van der Waals surface area (Å²) in [7, 11) is 4.02. The third-order valence-corrected chi connectivity index (χ3v) is 4.26. The lowest BCUT2D eigenvalue weighted by Gasteiger charge is -2.17. The van der Waals surface area contributed by atoms with E-state index in [-0.39, 0.29) is 5.91 Å². The van der Waals surface area contributed by atoms with Gasteiger partial charge >= 0.3 is 0 Å². The van der Waals surface area contributed by atoms with Crippen molar-refractivity contribution in [1.82, 2.24) is 19.6 Å². The van der Waals surface area contributed by atoms with Crippen LogP contribution < -0.4 is 0 Å². The Morgan fingerprint density at radius 1 is 1.13 bits per heavy atom. The highest BCUT2D eigenvalue weighted by atomic mass is 16.2. The van der Waals surface area contributed by atoms with Gasteiger partial charge < -0.3 is 4.90 Å². The Morgan fingerprint density at radius 2 is 1.78 bits per heavy atom. The van der Waals surface area contributed by atoms with E-state index < -0.39 is 0 Å². The van der Waals surface area contributed by atoms with Crippen LogP contribution in [-0.4, -0.2) is 45.6 Å². The summed E-state index contributed by atoms with van der Waals surface area (Å²) in [6, 6.07) is 8.02. The number of rotatable bonds is 5. The predicted molar refractivity (Wildman–Crippen MR) is 90.0 cm³/mol. The van der Waals surface area contributed by atoms with Gasteiger partial charge in [0.15, 0.2) is 0 Å². The van der Waals surface area contributed by atoms with Gasteiger partial charge in [-0.05, 0) is 37.6 Å². The SMILES string of the molecule is CN(Cc1ccc(C(=O)N2CCCC2)cc1)Cc1cnn(C)c1. The molecule has 2 heterocycles. The number of hydrogen-bond acceptors (Lipinski definition) is 3. The quantitative estimate of drug-likeness (QED) is 0.850. The molecule has 1 aliphatic rings. The maximum Gasteiger partial charge on any atom is 0.253 e. The minimum Gasteiger partial charge on any atom is -0.339 e. The molecule has 0 N–H and O–H groups in total. The number of hydrogen-bond donors (Lipinski definition) is 0. The number of benzene rings is 1. The number of amides is 1. The van der Waals surface area contributed by atoms with Crippen LogP contribution in [0.2, 0.25) is 0 Å². The maximum absolute atomic E-state index is 12.3. The van der Waals surface area contributed by atoms with Crippen molar-refractivity contribution in [3.8, 4) is 0 Å². The van der Waals surface area contributed by atoms with E-state index in [1.807, 2.05) is 41.2 Å². The van der Waals surface area contributed by atoms with Crippen LogP contribution in [0.1, 0.15) is 34.3 Å². The lowest BCUT2D eigenvalue weighted by atomic mass is 10.1. The van der Waals surface area contributed by atoms with Crippen molar-refractivity contribution in [3.05, 3.63) is 53.3 Å². The highest BCUT2D eigenvalue weighted by Crippen LogP contribution is 2.14. The van der Waals surface area contributed by atoms with E-state index in [4.69, 9.17) is 0 Å². The molecule has 0 radical (unpaired) electrons. The molecule has 2 aromatic rings. The van der Waals surface area contributed by atoms with Crippen LogP contribution >= 0.6 is 0 Å². The Hall–Kier alpha value is -2.14. The van der Waals surface area contributed by atoms with Gasteiger partial charge in [0.05, 0.1) is 6.20 Å². The predicted octanol–water partition coefficient (Wildman–Crippen LogP) is 2.29. The summed E-state index contributed by atoms with van der Waals surface area (Å²) < 4.78 is 1.82. The largest absolute Gasteiger partial charge is 0.339 e. The zero-order chi connectivity index (χ0) is 16.2. The lowest BCUT2D eigenvalue weighted by Crippen LogP contribution is -2.27. The van der Waals surface area contributed by atoms with Gasteiger partial charge in [0.25, 0.3) is 5.91 Å². The van der Waals surface area contributed by atoms with Crippen LogP contribution in [-0.2, 0) is 20.1 Å². The van der Waals surface area contributed by atoms with Crippen molar-refractivity contribution in [2.24, 2.45) is 7.05 Å². The van der Waals surface area contributed by atoms with Crippen LogP contribution in [0.15, 0.2) is 36.7 Å². The summed E-state index contributed by atoms with van der Waals surface area (Å²) in [6.45, 7) is 3.51. The van der Waals surface area contributed by atoms with Gasteiger partial charge in [0.2, 0.25) is 0 Å². The van der Waals surface area contributed by atoms with Gasteiger partial charge in [-0.3, -0.25) is 14.4 Å². The Bertz CT molecular complexity index is 656. The third-order valence-electron chi connectivity index (χ3n) is 4.26. The number of likely N-dealkylation sites (tertiary alicyclic amines) is 1. The summed E-state index contributed by atoms with van der Waals surface area (Å²) >= 11 is 0. The van der Waals surface area contributed by atoms with Crippen LogP contribution in [0.3, 0.4) is 0 Å². The standard InChI is InChI=1S/C18H24N4O/c1-20(13-16-11-19-21(2)14-16)12-15-5-7-17(8-6-15)18(23)22-9-3-4-10-22/h5-8,11,14H,3-4,9-10,12-13H2,1-2H3. The first-order chi connectivity index (χ1) is 11.1. The van der Waals surface area contributed by atoms with Crippen molar-refractivity contribution >= 4 is 5.91 Å². The molecule has 23 heavy (non-hydrogen) atoms. The van der Waals surface area contributed by atoms with Gasteiger partial charge in [-0.25, -0.2) is 0 Å². The van der Waals surface area contributed by atoms with E-state index in [1.54, 1.807) is 0 Å². The number of carbonyl (C=O) groups is 1. The highest BCUT2D eigenvalue weighted by molar-refractivity contribution is 5.94.